The molecule has 0 N–H and O–H groups in total. The van der Waals surface area contributed by atoms with Crippen molar-refractivity contribution in [2.24, 2.45) is 0 Å². The summed E-state index contributed by atoms with van der Waals surface area (Å²) in [5.41, 5.74) is 0. The van der Waals surface area contributed by atoms with Crippen LogP contribution in [-0.2, 0) is 24.7 Å². The largest absolute Gasteiger partial charge is 0.436 e. The van der Waals surface area contributed by atoms with Gasteiger partial charge in [-0.2, -0.15) is 0 Å². The highest BCUT2D eigenvalue weighted by molar-refractivity contribution is 6.96. The molecular formula is C20H52O6Si8. The van der Waals surface area contributed by atoms with Gasteiger partial charge in [0.15, 0.2) is 33.3 Å². The van der Waals surface area contributed by atoms with Crippen LogP contribution in [0, 0.1) is 0 Å². The van der Waals surface area contributed by atoms with Crippen LogP contribution in [0.2, 0.25) is 127 Å². The summed E-state index contributed by atoms with van der Waals surface area (Å²) in [5.74, 6) is 0. The highest BCUT2D eigenvalue weighted by Gasteiger charge is 2.57. The number of hydrogen-bond donors (Lipinski definition) is 0. The molecule has 0 radical (unpaired) electrons. The van der Waals surface area contributed by atoms with Gasteiger partial charge in [-0.1, -0.05) is 0 Å². The molecule has 0 saturated carbocycles. The van der Waals surface area contributed by atoms with E-state index >= 15 is 0 Å². The first kappa shape index (κ1) is 30.0. The molecule has 4 bridgehead atoms. The summed E-state index contributed by atoms with van der Waals surface area (Å²) in [5, 5.41) is 0. The first-order valence-electron chi connectivity index (χ1n) is 13.3. The molecule has 3 aliphatic heterocycles. The van der Waals surface area contributed by atoms with Crippen molar-refractivity contribution >= 4 is 67.5 Å². The van der Waals surface area contributed by atoms with Gasteiger partial charge in [0, 0.05) is 0 Å². The molecular weight excluding hydrogens is 561 g/mol. The van der Waals surface area contributed by atoms with Crippen LogP contribution in [0.15, 0.2) is 0 Å². The Kier molecular flexibility index (Phi) is 8.48. The zero-order valence-corrected chi connectivity index (χ0v) is 32.1. The number of fused-ring (bicyclic) bond motifs is 6. The van der Waals surface area contributed by atoms with E-state index in [4.69, 9.17) is 24.7 Å². The number of rotatable bonds is 0. The van der Waals surface area contributed by atoms with Crippen molar-refractivity contribution in [3.63, 3.8) is 0 Å². The summed E-state index contributed by atoms with van der Waals surface area (Å²) < 4.78 is 43.3. The lowest BCUT2D eigenvalue weighted by atomic mass is 10.9. The molecule has 0 aromatic heterocycles. The first-order valence-corrected chi connectivity index (χ1v) is 35.8. The molecule has 6 nitrogen and oxygen atoms in total. The van der Waals surface area contributed by atoms with Gasteiger partial charge in [0.25, 0.3) is 0 Å². The predicted molar refractivity (Wildman–Crippen MR) is 161 cm³/mol. The standard InChI is InChI=1S/C20H52O6Si8/c1-27(2)13-14-28(3,4)22-33(11)18-17-31(9,21-27)25-32(10)19-20-34(12,26-33)24-30(7,8)16-15-29(5,6)23-32/h13-20H2,1-12H3. The Morgan fingerprint density at radius 2 is 0.441 bits per heavy atom. The average Bonchev–Trinajstić information content (AvgIpc) is 2.59. The van der Waals surface area contributed by atoms with Gasteiger partial charge in [0.1, 0.15) is 0 Å². The molecule has 0 amide bonds. The molecule has 3 fully saturated rings. The maximum Gasteiger partial charge on any atom is 0.315 e. The van der Waals surface area contributed by atoms with Crippen molar-refractivity contribution in [3.05, 3.63) is 0 Å². The first-order chi connectivity index (χ1) is 15.1. The zero-order chi connectivity index (χ0) is 25.9. The summed E-state index contributed by atoms with van der Waals surface area (Å²) in [7, 11) is -17.4. The van der Waals surface area contributed by atoms with E-state index in [0.29, 0.717) is 0 Å². The Morgan fingerprint density at radius 3 is 0.618 bits per heavy atom. The van der Waals surface area contributed by atoms with E-state index in [2.05, 4.69) is 78.6 Å². The second kappa shape index (κ2) is 9.60. The monoisotopic (exact) mass is 612 g/mol. The third kappa shape index (κ3) is 8.25. The second-order valence-electron chi connectivity index (χ2n) is 14.2. The van der Waals surface area contributed by atoms with Crippen LogP contribution in [-0.4, -0.2) is 67.5 Å². The fraction of sp³-hybridized carbons (Fsp3) is 1.00. The highest BCUT2D eigenvalue weighted by Crippen LogP contribution is 2.43. The van der Waals surface area contributed by atoms with Gasteiger partial charge in [-0.3, -0.25) is 0 Å². The van der Waals surface area contributed by atoms with Gasteiger partial charge < -0.3 is 24.7 Å². The van der Waals surface area contributed by atoms with Crippen molar-refractivity contribution in [2.45, 2.75) is 127 Å². The van der Waals surface area contributed by atoms with Gasteiger partial charge in [-0.25, -0.2) is 0 Å². The van der Waals surface area contributed by atoms with Crippen molar-refractivity contribution in [1.82, 2.24) is 0 Å². The van der Waals surface area contributed by atoms with Crippen LogP contribution in [0.3, 0.4) is 0 Å². The van der Waals surface area contributed by atoms with Crippen LogP contribution < -0.4 is 0 Å². The third-order valence-corrected chi connectivity index (χ3v) is 42.7. The Labute approximate surface area is 218 Å². The molecule has 4 atom stereocenters. The van der Waals surface area contributed by atoms with Gasteiger partial charge in [-0.15, -0.1) is 0 Å². The van der Waals surface area contributed by atoms with Gasteiger partial charge in [0.2, 0.25) is 0 Å². The minimum absolute atomic E-state index is 0.940. The van der Waals surface area contributed by atoms with E-state index < -0.39 is 67.5 Å². The topological polar surface area (TPSA) is 55.4 Å². The predicted octanol–water partition coefficient (Wildman–Crippen LogP) is 7.24. The van der Waals surface area contributed by atoms with Gasteiger partial charge in [-0.05, 0) is 127 Å². The fourth-order valence-electron chi connectivity index (χ4n) is 6.06. The number of hydrogen-bond acceptors (Lipinski definition) is 6. The molecule has 0 aromatic carbocycles. The SMILES string of the molecule is C[Si]1(C)CC[Si](C)(C)O[Si]2(C)CC[Si](C)(O1)O[Si]1(C)CC[Si](C)(O[Si](C)(C)CC[Si](C)(C)O1)O2. The molecule has 3 aliphatic rings. The van der Waals surface area contributed by atoms with E-state index in [1.165, 1.54) is 0 Å². The Hall–Kier alpha value is 1.50. The Balaban J connectivity index is 2.12. The Bertz CT molecular complexity index is 647. The summed E-state index contributed by atoms with van der Waals surface area (Å²) in [4.78, 5) is 0. The molecule has 0 spiro atoms. The fourth-order valence-corrected chi connectivity index (χ4v) is 56.0. The van der Waals surface area contributed by atoms with E-state index in [-0.39, 0.29) is 0 Å². The lowest BCUT2D eigenvalue weighted by Crippen LogP contribution is -2.65. The zero-order valence-electron chi connectivity index (χ0n) is 24.1. The van der Waals surface area contributed by atoms with E-state index in [1.54, 1.807) is 0 Å². The maximum atomic E-state index is 7.31. The summed E-state index contributed by atoms with van der Waals surface area (Å²) in [6.45, 7) is 28.3. The molecule has 200 valence electrons. The van der Waals surface area contributed by atoms with Gasteiger partial charge in [0.05, 0.1) is 0 Å². The van der Waals surface area contributed by atoms with Crippen LogP contribution in [0.4, 0.5) is 0 Å². The molecule has 3 saturated heterocycles. The smallest absolute Gasteiger partial charge is 0.315 e. The summed E-state index contributed by atoms with van der Waals surface area (Å²) >= 11 is 0. The third-order valence-electron chi connectivity index (χ3n) is 7.56. The highest BCUT2D eigenvalue weighted by atomic mass is 28.5. The maximum absolute atomic E-state index is 7.31. The minimum Gasteiger partial charge on any atom is -0.436 e. The summed E-state index contributed by atoms with van der Waals surface area (Å²) in [6.07, 6.45) is 0. The summed E-state index contributed by atoms with van der Waals surface area (Å²) in [6, 6.07) is 8.29. The van der Waals surface area contributed by atoms with Crippen molar-refractivity contribution in [2.75, 3.05) is 0 Å². The van der Waals surface area contributed by atoms with Crippen LogP contribution >= 0.6 is 0 Å². The molecule has 0 aromatic rings. The van der Waals surface area contributed by atoms with Crippen LogP contribution in [0.1, 0.15) is 0 Å². The van der Waals surface area contributed by atoms with E-state index in [0.717, 1.165) is 48.4 Å². The normalized spacial score (nSPS) is 44.8. The Morgan fingerprint density at radius 1 is 0.265 bits per heavy atom. The lowest BCUT2D eigenvalue weighted by molar-refractivity contribution is 0.287. The quantitative estimate of drug-likeness (QED) is 0.269. The average molecular weight is 613 g/mol. The van der Waals surface area contributed by atoms with Crippen molar-refractivity contribution in [3.8, 4) is 0 Å². The molecule has 4 unspecified atom stereocenters. The minimum atomic E-state index is -2.47. The molecule has 14 heteroatoms. The molecule has 3 rings (SSSR count). The van der Waals surface area contributed by atoms with Crippen LogP contribution in [0.5, 0.6) is 0 Å². The van der Waals surface area contributed by atoms with E-state index in [1.807, 2.05) is 0 Å². The second-order valence-corrected chi connectivity index (χ2v) is 46.2. The van der Waals surface area contributed by atoms with Gasteiger partial charge >= 0.3 is 34.2 Å². The molecule has 34 heavy (non-hydrogen) atoms. The van der Waals surface area contributed by atoms with Crippen molar-refractivity contribution in [1.29, 1.82) is 0 Å². The van der Waals surface area contributed by atoms with Crippen LogP contribution in [0.25, 0.3) is 0 Å². The molecule has 0 aliphatic carbocycles. The van der Waals surface area contributed by atoms with Crippen molar-refractivity contribution < 1.29 is 24.7 Å². The molecule has 3 heterocycles. The lowest BCUT2D eigenvalue weighted by Gasteiger charge is -2.51. The van der Waals surface area contributed by atoms with E-state index in [9.17, 15) is 0 Å².